The summed E-state index contributed by atoms with van der Waals surface area (Å²) in [6.07, 6.45) is 0. The number of halogens is 1. The first kappa shape index (κ1) is 16.6. The van der Waals surface area contributed by atoms with Gasteiger partial charge in [0.05, 0.1) is 0 Å². The number of nitrogens with two attached hydrogens (primary N) is 1. The molecule has 122 valence electrons. The molecule has 5 heteroatoms. The normalized spacial score (nSPS) is 10.5. The number of phenolic OH excluding ortho intramolecular Hbond substituents is 1. The molecule has 0 unspecified atom stereocenters. The Bertz CT molecular complexity index is 837. The van der Waals surface area contributed by atoms with Gasteiger partial charge in [-0.15, -0.1) is 0 Å². The maximum absolute atomic E-state index is 9.33. The van der Waals surface area contributed by atoms with Gasteiger partial charge < -0.3 is 15.6 Å². The molecular weight excluding hydrogens is 342 g/mol. The van der Waals surface area contributed by atoms with Crippen molar-refractivity contribution in [3.05, 3.63) is 77.3 Å². The minimum atomic E-state index is 0.247. The quantitative estimate of drug-likeness (QED) is 0.604. The van der Waals surface area contributed by atoms with Crippen LogP contribution < -0.4 is 10.5 Å². The zero-order valence-corrected chi connectivity index (χ0v) is 14.3. The number of aromatic hydroxyl groups is 1. The molecule has 3 rings (SSSR count). The lowest BCUT2D eigenvalue weighted by molar-refractivity contribution is 0.306. The molecule has 0 heterocycles. The Morgan fingerprint density at radius 1 is 1.00 bits per heavy atom. The molecule has 0 aliphatic rings. The molecule has 0 aromatic heterocycles. The summed E-state index contributed by atoms with van der Waals surface area (Å²) >= 11 is 7.50. The van der Waals surface area contributed by atoms with Crippen molar-refractivity contribution in [2.24, 2.45) is 0 Å². The number of benzene rings is 3. The third-order valence-electron chi connectivity index (χ3n) is 3.34. The zero-order valence-electron chi connectivity index (χ0n) is 12.8. The Morgan fingerprint density at radius 2 is 1.79 bits per heavy atom. The molecule has 0 spiro atoms. The number of hydrogen-bond donors (Lipinski definition) is 2. The van der Waals surface area contributed by atoms with Crippen LogP contribution in [0.25, 0.3) is 0 Å². The fourth-order valence-corrected chi connectivity index (χ4v) is 3.20. The van der Waals surface area contributed by atoms with Crippen LogP contribution in [-0.4, -0.2) is 5.11 Å². The second-order valence-electron chi connectivity index (χ2n) is 5.21. The summed E-state index contributed by atoms with van der Waals surface area (Å²) in [5.41, 5.74) is 7.77. The number of hydrogen-bond acceptors (Lipinski definition) is 4. The summed E-state index contributed by atoms with van der Waals surface area (Å²) in [7, 11) is 0. The molecule has 3 N–H and O–H groups in total. The van der Waals surface area contributed by atoms with Crippen molar-refractivity contribution in [2.75, 3.05) is 5.73 Å². The molecule has 3 aromatic rings. The van der Waals surface area contributed by atoms with Crippen LogP contribution in [0, 0.1) is 0 Å². The first-order valence-electron chi connectivity index (χ1n) is 7.34. The molecule has 0 saturated carbocycles. The number of ether oxygens (including phenoxy) is 1. The minimum Gasteiger partial charge on any atom is -0.508 e. The second kappa shape index (κ2) is 7.51. The summed E-state index contributed by atoms with van der Waals surface area (Å²) in [5.74, 6) is 0.958. The molecule has 0 radical (unpaired) electrons. The lowest BCUT2D eigenvalue weighted by Gasteiger charge is -2.10. The Balaban J connectivity index is 1.67. The van der Waals surface area contributed by atoms with E-state index in [-0.39, 0.29) is 5.75 Å². The molecule has 0 atom stereocenters. The van der Waals surface area contributed by atoms with E-state index in [2.05, 4.69) is 0 Å². The van der Waals surface area contributed by atoms with Crippen LogP contribution >= 0.6 is 23.4 Å². The average molecular weight is 358 g/mol. The van der Waals surface area contributed by atoms with Gasteiger partial charge in [-0.1, -0.05) is 35.5 Å². The van der Waals surface area contributed by atoms with Crippen molar-refractivity contribution in [1.82, 2.24) is 0 Å². The van der Waals surface area contributed by atoms with Crippen LogP contribution in [0.1, 0.15) is 5.56 Å². The number of phenols is 1. The standard InChI is InChI=1S/C19H16ClNO2S/c20-14-3-1-2-13(10-14)12-23-16-6-9-19(18(21)11-16)24-17-7-4-15(22)5-8-17/h1-11,22H,12,21H2. The summed E-state index contributed by atoms with van der Waals surface area (Å²) in [4.78, 5) is 1.95. The highest BCUT2D eigenvalue weighted by Gasteiger charge is 2.05. The molecule has 3 aromatic carbocycles. The van der Waals surface area contributed by atoms with E-state index in [0.29, 0.717) is 23.1 Å². The first-order chi connectivity index (χ1) is 11.6. The van der Waals surface area contributed by atoms with E-state index in [0.717, 1.165) is 15.4 Å². The lowest BCUT2D eigenvalue weighted by Crippen LogP contribution is -1.97. The van der Waals surface area contributed by atoms with Gasteiger partial charge in [-0.2, -0.15) is 0 Å². The van der Waals surface area contributed by atoms with Gasteiger partial charge >= 0.3 is 0 Å². The Morgan fingerprint density at radius 3 is 2.50 bits per heavy atom. The predicted octanol–water partition coefficient (Wildman–Crippen LogP) is 5.36. The summed E-state index contributed by atoms with van der Waals surface area (Å²) in [6.45, 7) is 0.435. The van der Waals surface area contributed by atoms with E-state index >= 15 is 0 Å². The highest BCUT2D eigenvalue weighted by atomic mass is 35.5. The third kappa shape index (κ3) is 4.37. The van der Waals surface area contributed by atoms with Crippen LogP contribution in [0.3, 0.4) is 0 Å². The molecule has 0 fully saturated rings. The molecule has 0 aliphatic carbocycles. The maximum atomic E-state index is 9.33. The van der Waals surface area contributed by atoms with Crippen LogP contribution in [0.4, 0.5) is 5.69 Å². The first-order valence-corrected chi connectivity index (χ1v) is 8.53. The summed E-state index contributed by atoms with van der Waals surface area (Å²) in [6, 6.07) is 20.2. The number of rotatable bonds is 5. The predicted molar refractivity (Wildman–Crippen MR) is 98.9 cm³/mol. The van der Waals surface area contributed by atoms with E-state index < -0.39 is 0 Å². The molecular formula is C19H16ClNO2S. The largest absolute Gasteiger partial charge is 0.508 e. The number of nitrogen functional groups attached to an aromatic ring is 1. The average Bonchev–Trinajstić information content (AvgIpc) is 2.57. The summed E-state index contributed by atoms with van der Waals surface area (Å²) < 4.78 is 5.77. The van der Waals surface area contributed by atoms with Crippen LogP contribution in [0.2, 0.25) is 5.02 Å². The molecule has 0 bridgehead atoms. The van der Waals surface area contributed by atoms with E-state index in [4.69, 9.17) is 22.1 Å². The maximum Gasteiger partial charge on any atom is 0.121 e. The van der Waals surface area contributed by atoms with Crippen LogP contribution in [-0.2, 0) is 6.61 Å². The highest BCUT2D eigenvalue weighted by Crippen LogP contribution is 2.34. The number of anilines is 1. The second-order valence-corrected chi connectivity index (χ2v) is 6.77. The fraction of sp³-hybridized carbons (Fsp3) is 0.0526. The summed E-state index contributed by atoms with van der Waals surface area (Å²) in [5, 5.41) is 10.0. The van der Waals surface area contributed by atoms with Gasteiger partial charge in [0, 0.05) is 26.6 Å². The van der Waals surface area contributed by atoms with Gasteiger partial charge in [-0.05, 0) is 54.1 Å². The fourth-order valence-electron chi connectivity index (χ4n) is 2.14. The Kier molecular flexibility index (Phi) is 5.18. The topological polar surface area (TPSA) is 55.5 Å². The van der Waals surface area contributed by atoms with Gasteiger partial charge in [-0.25, -0.2) is 0 Å². The zero-order chi connectivity index (χ0) is 16.9. The van der Waals surface area contributed by atoms with Crippen molar-refractivity contribution in [3.8, 4) is 11.5 Å². The van der Waals surface area contributed by atoms with Gasteiger partial charge in [0.1, 0.15) is 18.1 Å². The van der Waals surface area contributed by atoms with E-state index in [9.17, 15) is 5.11 Å². The van der Waals surface area contributed by atoms with Crippen molar-refractivity contribution in [2.45, 2.75) is 16.4 Å². The lowest BCUT2D eigenvalue weighted by atomic mass is 10.2. The molecule has 0 aliphatic heterocycles. The van der Waals surface area contributed by atoms with Crippen molar-refractivity contribution in [1.29, 1.82) is 0 Å². The van der Waals surface area contributed by atoms with Gasteiger partial charge in [0.2, 0.25) is 0 Å². The van der Waals surface area contributed by atoms with E-state index in [1.54, 1.807) is 12.1 Å². The van der Waals surface area contributed by atoms with Crippen LogP contribution in [0.5, 0.6) is 11.5 Å². The minimum absolute atomic E-state index is 0.247. The molecule has 0 amide bonds. The van der Waals surface area contributed by atoms with E-state index in [1.807, 2.05) is 54.6 Å². The smallest absolute Gasteiger partial charge is 0.121 e. The van der Waals surface area contributed by atoms with Crippen molar-refractivity contribution < 1.29 is 9.84 Å². The van der Waals surface area contributed by atoms with Crippen molar-refractivity contribution in [3.63, 3.8) is 0 Å². The van der Waals surface area contributed by atoms with Gasteiger partial charge in [0.15, 0.2) is 0 Å². The molecule has 24 heavy (non-hydrogen) atoms. The Hall–Kier alpha value is -2.30. The van der Waals surface area contributed by atoms with Crippen molar-refractivity contribution >= 4 is 29.1 Å². The molecule has 3 nitrogen and oxygen atoms in total. The van der Waals surface area contributed by atoms with Crippen LogP contribution in [0.15, 0.2) is 76.5 Å². The SMILES string of the molecule is Nc1cc(OCc2cccc(Cl)c2)ccc1Sc1ccc(O)cc1. The third-order valence-corrected chi connectivity index (χ3v) is 4.67. The van der Waals surface area contributed by atoms with Gasteiger partial charge in [0.25, 0.3) is 0 Å². The molecule has 0 saturated heterocycles. The van der Waals surface area contributed by atoms with E-state index in [1.165, 1.54) is 11.8 Å². The Labute approximate surface area is 150 Å². The monoisotopic (exact) mass is 357 g/mol. The van der Waals surface area contributed by atoms with Gasteiger partial charge in [-0.3, -0.25) is 0 Å². The highest BCUT2D eigenvalue weighted by molar-refractivity contribution is 7.99.